The van der Waals surface area contributed by atoms with Crippen molar-refractivity contribution in [3.05, 3.63) is 65.5 Å². The highest BCUT2D eigenvalue weighted by molar-refractivity contribution is 5.94. The zero-order chi connectivity index (χ0) is 17.2. The number of hydrogen-bond donors (Lipinski definition) is 1. The van der Waals surface area contributed by atoms with Crippen molar-refractivity contribution in [2.45, 2.75) is 31.6 Å². The smallest absolute Gasteiger partial charge is 0.251 e. The first-order valence-corrected chi connectivity index (χ1v) is 8.59. The first-order valence-electron chi connectivity index (χ1n) is 8.59. The lowest BCUT2D eigenvalue weighted by molar-refractivity contribution is 0.00810. The molecule has 0 bridgehead atoms. The van der Waals surface area contributed by atoms with Gasteiger partial charge in [0.15, 0.2) is 0 Å². The van der Waals surface area contributed by atoms with Gasteiger partial charge in [0.1, 0.15) is 18.2 Å². The molecule has 130 valence electrons. The van der Waals surface area contributed by atoms with Crippen LogP contribution in [0.1, 0.15) is 28.8 Å². The summed E-state index contributed by atoms with van der Waals surface area (Å²) >= 11 is 0. The van der Waals surface area contributed by atoms with Crippen LogP contribution in [0.3, 0.4) is 0 Å². The number of nitrogens with one attached hydrogen (secondary N) is 1. The lowest BCUT2D eigenvalue weighted by atomic mass is 9.76. The van der Waals surface area contributed by atoms with Crippen LogP contribution < -0.4 is 10.1 Å². The number of amides is 1. The van der Waals surface area contributed by atoms with Crippen LogP contribution in [0, 0.1) is 11.7 Å². The van der Waals surface area contributed by atoms with Gasteiger partial charge < -0.3 is 14.8 Å². The Kier molecular flexibility index (Phi) is 4.40. The molecule has 2 fully saturated rings. The quantitative estimate of drug-likeness (QED) is 0.908. The first-order chi connectivity index (χ1) is 12.2. The summed E-state index contributed by atoms with van der Waals surface area (Å²) in [5.41, 5.74) is 1.10. The molecule has 25 heavy (non-hydrogen) atoms. The fourth-order valence-electron chi connectivity index (χ4n) is 3.49. The Balaban J connectivity index is 1.32. The molecule has 0 aromatic heterocycles. The van der Waals surface area contributed by atoms with E-state index in [9.17, 15) is 9.18 Å². The van der Waals surface area contributed by atoms with E-state index in [1.165, 1.54) is 6.07 Å². The molecule has 4 nitrogen and oxygen atoms in total. The summed E-state index contributed by atoms with van der Waals surface area (Å²) in [6, 6.07) is 13.7. The van der Waals surface area contributed by atoms with Gasteiger partial charge in [-0.2, -0.15) is 0 Å². The number of carbonyl (C=O) groups excluding carboxylic acids is 1. The molecule has 1 amide bonds. The molecule has 1 aliphatic carbocycles. The van der Waals surface area contributed by atoms with E-state index in [-0.39, 0.29) is 24.4 Å². The highest BCUT2D eigenvalue weighted by Gasteiger charge is 2.45. The van der Waals surface area contributed by atoms with Crippen molar-refractivity contribution in [1.29, 1.82) is 0 Å². The zero-order valence-electron chi connectivity index (χ0n) is 13.8. The molecule has 1 N–H and O–H groups in total. The number of carbonyl (C=O) groups is 1. The van der Waals surface area contributed by atoms with Crippen molar-refractivity contribution in [2.75, 3.05) is 6.61 Å². The molecule has 1 saturated heterocycles. The summed E-state index contributed by atoms with van der Waals surface area (Å²) in [6.45, 7) is 0.957. The normalized spacial score (nSPS) is 24.3. The molecule has 2 aromatic carbocycles. The largest absolute Gasteiger partial charge is 0.489 e. The highest BCUT2D eigenvalue weighted by Crippen LogP contribution is 2.38. The molecule has 2 aliphatic rings. The third-order valence-electron chi connectivity index (χ3n) is 5.05. The van der Waals surface area contributed by atoms with Gasteiger partial charge in [0.05, 0.1) is 6.10 Å². The Hall–Kier alpha value is -2.40. The Morgan fingerprint density at radius 3 is 2.76 bits per heavy atom. The molecule has 1 heterocycles. The summed E-state index contributed by atoms with van der Waals surface area (Å²) in [5.74, 6) is 0.712. The van der Waals surface area contributed by atoms with Crippen LogP contribution in [-0.2, 0) is 11.3 Å². The van der Waals surface area contributed by atoms with Crippen molar-refractivity contribution in [3.63, 3.8) is 0 Å². The predicted octanol–water partition coefficient (Wildman–Crippen LogP) is 3.31. The number of ether oxygens (including phenoxy) is 2. The van der Waals surface area contributed by atoms with Gasteiger partial charge in [-0.3, -0.25) is 4.79 Å². The van der Waals surface area contributed by atoms with Crippen LogP contribution in [0.15, 0.2) is 48.5 Å². The molecule has 2 aromatic rings. The van der Waals surface area contributed by atoms with Gasteiger partial charge in [-0.25, -0.2) is 4.39 Å². The molecule has 5 heteroatoms. The van der Waals surface area contributed by atoms with Crippen LogP contribution >= 0.6 is 0 Å². The first kappa shape index (κ1) is 16.1. The molecule has 4 rings (SSSR count). The summed E-state index contributed by atoms with van der Waals surface area (Å²) in [7, 11) is 0. The summed E-state index contributed by atoms with van der Waals surface area (Å²) in [6.07, 6.45) is 2.26. The molecular formula is C20H20FNO3. The van der Waals surface area contributed by atoms with Gasteiger partial charge in [-0.15, -0.1) is 0 Å². The van der Waals surface area contributed by atoms with E-state index in [4.69, 9.17) is 9.47 Å². The van der Waals surface area contributed by atoms with Crippen molar-refractivity contribution in [3.8, 4) is 5.75 Å². The SMILES string of the molecule is O=C(N[C@@H]1C[C@@H]2OCC[C@@H]21)c1ccc(OCc2ccccc2F)cc1. The second-order valence-electron chi connectivity index (χ2n) is 6.58. The van der Waals surface area contributed by atoms with Crippen molar-refractivity contribution < 1.29 is 18.7 Å². The van der Waals surface area contributed by atoms with Crippen LogP contribution in [0.25, 0.3) is 0 Å². The molecule has 1 aliphatic heterocycles. The van der Waals surface area contributed by atoms with E-state index in [0.717, 1.165) is 19.4 Å². The van der Waals surface area contributed by atoms with E-state index in [2.05, 4.69) is 5.32 Å². The third kappa shape index (κ3) is 3.37. The fourth-order valence-corrected chi connectivity index (χ4v) is 3.49. The maximum Gasteiger partial charge on any atom is 0.251 e. The summed E-state index contributed by atoms with van der Waals surface area (Å²) in [5, 5.41) is 3.08. The maximum atomic E-state index is 13.6. The van der Waals surface area contributed by atoms with Crippen molar-refractivity contribution in [2.24, 2.45) is 5.92 Å². The topological polar surface area (TPSA) is 47.6 Å². The van der Waals surface area contributed by atoms with Crippen LogP contribution in [-0.4, -0.2) is 24.7 Å². The minimum atomic E-state index is -0.284. The molecule has 1 saturated carbocycles. The van der Waals surface area contributed by atoms with Gasteiger partial charge in [-0.1, -0.05) is 18.2 Å². The molecule has 0 radical (unpaired) electrons. The van der Waals surface area contributed by atoms with Crippen molar-refractivity contribution >= 4 is 5.91 Å². The standard InChI is InChI=1S/C20H20FNO3/c21-17-4-2-1-3-14(17)12-25-15-7-5-13(6-8-15)20(23)22-18-11-19-16(18)9-10-24-19/h1-8,16,18-19H,9-12H2,(H,22,23)/t16-,18-,19+/m1/s1. The number of rotatable bonds is 5. The molecule has 3 atom stereocenters. The van der Waals surface area contributed by atoms with Gasteiger partial charge in [0.2, 0.25) is 0 Å². The van der Waals surface area contributed by atoms with E-state index < -0.39 is 0 Å². The minimum absolute atomic E-state index is 0.0731. The molecular weight excluding hydrogens is 321 g/mol. The van der Waals surface area contributed by atoms with Crippen LogP contribution in [0.2, 0.25) is 0 Å². The van der Waals surface area contributed by atoms with Crippen molar-refractivity contribution in [1.82, 2.24) is 5.32 Å². The zero-order valence-corrected chi connectivity index (χ0v) is 13.8. The Morgan fingerprint density at radius 1 is 1.20 bits per heavy atom. The Bertz CT molecular complexity index is 762. The minimum Gasteiger partial charge on any atom is -0.489 e. The van der Waals surface area contributed by atoms with Gasteiger partial charge >= 0.3 is 0 Å². The average molecular weight is 341 g/mol. The fraction of sp³-hybridized carbons (Fsp3) is 0.350. The average Bonchev–Trinajstić information content (AvgIpc) is 3.00. The second kappa shape index (κ2) is 6.84. The predicted molar refractivity (Wildman–Crippen MR) is 90.9 cm³/mol. The molecule has 0 spiro atoms. The molecule has 0 unspecified atom stereocenters. The summed E-state index contributed by atoms with van der Waals surface area (Å²) < 4.78 is 24.7. The number of hydrogen-bond acceptors (Lipinski definition) is 3. The van der Waals surface area contributed by atoms with E-state index >= 15 is 0 Å². The lowest BCUT2D eigenvalue weighted by Crippen LogP contribution is -2.53. The Morgan fingerprint density at radius 2 is 2.00 bits per heavy atom. The van der Waals surface area contributed by atoms with E-state index in [1.54, 1.807) is 42.5 Å². The monoisotopic (exact) mass is 341 g/mol. The van der Waals surface area contributed by atoms with E-state index in [0.29, 0.717) is 28.9 Å². The summed E-state index contributed by atoms with van der Waals surface area (Å²) in [4.78, 5) is 12.3. The Labute approximate surface area is 146 Å². The van der Waals surface area contributed by atoms with Gasteiger partial charge in [0, 0.05) is 29.7 Å². The number of halogens is 1. The third-order valence-corrected chi connectivity index (χ3v) is 5.05. The second-order valence-corrected chi connectivity index (χ2v) is 6.58. The van der Waals surface area contributed by atoms with Gasteiger partial charge in [-0.05, 0) is 43.2 Å². The lowest BCUT2D eigenvalue weighted by Gasteiger charge is -2.39. The highest BCUT2D eigenvalue weighted by atomic mass is 19.1. The number of benzene rings is 2. The van der Waals surface area contributed by atoms with Crippen LogP contribution in [0.5, 0.6) is 5.75 Å². The van der Waals surface area contributed by atoms with E-state index in [1.807, 2.05) is 0 Å². The van der Waals surface area contributed by atoms with Gasteiger partial charge in [0.25, 0.3) is 5.91 Å². The maximum absolute atomic E-state index is 13.6. The van der Waals surface area contributed by atoms with Crippen LogP contribution in [0.4, 0.5) is 4.39 Å². The number of fused-ring (bicyclic) bond motifs is 1.